The lowest BCUT2D eigenvalue weighted by Crippen LogP contribution is -2.58. The maximum absolute atomic E-state index is 11.1. The summed E-state index contributed by atoms with van der Waals surface area (Å²) in [5.41, 5.74) is 0.258. The van der Waals surface area contributed by atoms with Crippen molar-refractivity contribution in [3.63, 3.8) is 0 Å². The number of ether oxygens (including phenoxy) is 2. The summed E-state index contributed by atoms with van der Waals surface area (Å²) in [7, 11) is -4.67. The maximum atomic E-state index is 11.1. The Morgan fingerprint density at radius 2 is 1.58 bits per heavy atom. The van der Waals surface area contributed by atoms with E-state index in [9.17, 15) is 20.1 Å². The van der Waals surface area contributed by atoms with Gasteiger partial charge in [-0.05, 0) is 6.92 Å². The number of aliphatic hydroxyl groups is 4. The Labute approximate surface area is 138 Å². The topological polar surface area (TPSA) is 191 Å². The molecule has 1 aliphatic heterocycles. The lowest BCUT2D eigenvalue weighted by molar-refractivity contribution is -0.232. The molecule has 1 unspecified atom stereocenters. The van der Waals surface area contributed by atoms with Crippen LogP contribution in [0.5, 0.6) is 0 Å². The number of carbonyl (C=O) groups is 1. The van der Waals surface area contributed by atoms with Gasteiger partial charge in [-0.3, -0.25) is 9.11 Å². The quantitative estimate of drug-likeness (QED) is 0.172. The van der Waals surface area contributed by atoms with Crippen LogP contribution in [0, 0.1) is 0 Å². The van der Waals surface area contributed by atoms with Crippen molar-refractivity contribution in [2.24, 2.45) is 0 Å². The molecular weight excluding hydrogens is 352 g/mol. The minimum atomic E-state index is -4.67. The van der Waals surface area contributed by atoms with Gasteiger partial charge in [-0.1, -0.05) is 6.58 Å². The fourth-order valence-corrected chi connectivity index (χ4v) is 1.81. The van der Waals surface area contributed by atoms with Gasteiger partial charge in [0.05, 0.1) is 19.3 Å². The van der Waals surface area contributed by atoms with E-state index in [0.717, 1.165) is 0 Å². The normalized spacial score (nSPS) is 30.0. The van der Waals surface area contributed by atoms with Crippen molar-refractivity contribution in [1.29, 1.82) is 0 Å². The monoisotopic (exact) mass is 374 g/mol. The van der Waals surface area contributed by atoms with E-state index in [1.807, 2.05) is 0 Å². The predicted octanol–water partition coefficient (Wildman–Crippen LogP) is -2.31. The molecule has 1 heterocycles. The van der Waals surface area contributed by atoms with Gasteiger partial charge in [-0.15, -0.1) is 0 Å². The summed E-state index contributed by atoms with van der Waals surface area (Å²) < 4.78 is 41.7. The molecule has 6 N–H and O–H groups in total. The van der Waals surface area contributed by atoms with Crippen molar-refractivity contribution in [2.45, 2.75) is 43.9 Å². The highest BCUT2D eigenvalue weighted by atomic mass is 32.3. The first kappa shape index (κ1) is 22.9. The van der Waals surface area contributed by atoms with Gasteiger partial charge in [0.25, 0.3) is 0 Å². The van der Waals surface area contributed by atoms with Crippen molar-refractivity contribution in [3.8, 4) is 0 Å². The summed E-state index contributed by atoms with van der Waals surface area (Å²) in [6.07, 6.45) is -5.72. The van der Waals surface area contributed by atoms with Crippen LogP contribution < -0.4 is 0 Å². The third-order valence-electron chi connectivity index (χ3n) is 2.98. The second-order valence-electron chi connectivity index (χ2n) is 5.02. The third-order valence-corrected chi connectivity index (χ3v) is 2.98. The van der Waals surface area contributed by atoms with Crippen LogP contribution in [0.2, 0.25) is 0 Å². The molecule has 0 spiro atoms. The molecule has 11 nitrogen and oxygen atoms in total. The first-order valence-electron chi connectivity index (χ1n) is 6.71. The van der Waals surface area contributed by atoms with Crippen molar-refractivity contribution in [3.05, 3.63) is 12.2 Å². The zero-order valence-electron chi connectivity index (χ0n) is 12.8. The Morgan fingerprint density at radius 3 is 2.00 bits per heavy atom. The lowest BCUT2D eigenvalue weighted by atomic mass is 9.94. The molecule has 0 amide bonds. The second kappa shape index (κ2) is 10.0. The first-order chi connectivity index (χ1) is 10.9. The van der Waals surface area contributed by atoms with E-state index in [2.05, 4.69) is 6.58 Å². The molecule has 0 aliphatic carbocycles. The summed E-state index contributed by atoms with van der Waals surface area (Å²) in [5, 5.41) is 37.8. The second-order valence-corrected chi connectivity index (χ2v) is 5.92. The molecule has 5 atom stereocenters. The molecule has 1 rings (SSSR count). The average Bonchev–Trinajstić information content (AvgIpc) is 2.45. The van der Waals surface area contributed by atoms with Crippen molar-refractivity contribution >= 4 is 16.4 Å². The highest BCUT2D eigenvalue weighted by Gasteiger charge is 2.43. The van der Waals surface area contributed by atoms with Crippen molar-refractivity contribution in [2.75, 3.05) is 13.2 Å². The molecule has 12 heteroatoms. The molecule has 0 aromatic carbocycles. The first-order valence-corrected chi connectivity index (χ1v) is 8.11. The Kier molecular flexibility index (Phi) is 9.54. The highest BCUT2D eigenvalue weighted by Crippen LogP contribution is 2.23. The standard InChI is InChI=1S/C12H20O7.H2O4S/c1-6(2)12(17)18-4-3-7-9(14)11(16)10(15)8(5-13)19-7;1-5(2,3)4/h7-11,13-16H,1,3-5H2,2H3;(H2,1,2,3,4)/t7?,8-,9+,10-,11-;/m1./s1. The minimum absolute atomic E-state index is 0.0195. The van der Waals surface area contributed by atoms with Crippen LogP contribution in [0.1, 0.15) is 13.3 Å². The fourth-order valence-electron chi connectivity index (χ4n) is 1.81. The van der Waals surface area contributed by atoms with E-state index >= 15 is 0 Å². The van der Waals surface area contributed by atoms with Gasteiger partial charge in [-0.25, -0.2) is 4.79 Å². The molecule has 0 saturated carbocycles. The number of rotatable bonds is 5. The van der Waals surface area contributed by atoms with Crippen LogP contribution in [0.4, 0.5) is 0 Å². The van der Waals surface area contributed by atoms with Crippen LogP contribution in [0.25, 0.3) is 0 Å². The Morgan fingerprint density at radius 1 is 1.12 bits per heavy atom. The summed E-state index contributed by atoms with van der Waals surface area (Å²) in [6.45, 7) is 4.43. The molecule has 0 bridgehead atoms. The van der Waals surface area contributed by atoms with Gasteiger partial charge < -0.3 is 29.9 Å². The number of hydrogen-bond donors (Lipinski definition) is 6. The number of aliphatic hydroxyl groups excluding tert-OH is 4. The maximum Gasteiger partial charge on any atom is 0.394 e. The van der Waals surface area contributed by atoms with Gasteiger partial charge in [-0.2, -0.15) is 8.42 Å². The molecule has 0 radical (unpaired) electrons. The van der Waals surface area contributed by atoms with Gasteiger partial charge in [0.15, 0.2) is 0 Å². The van der Waals surface area contributed by atoms with E-state index in [4.69, 9.17) is 32.1 Å². The number of carbonyl (C=O) groups excluding carboxylic acids is 1. The largest absolute Gasteiger partial charge is 0.462 e. The van der Waals surface area contributed by atoms with E-state index < -0.39 is 53.5 Å². The van der Waals surface area contributed by atoms with Crippen LogP contribution in [0.15, 0.2) is 12.2 Å². The zero-order chi connectivity index (χ0) is 19.1. The average molecular weight is 374 g/mol. The zero-order valence-corrected chi connectivity index (χ0v) is 13.7. The van der Waals surface area contributed by atoms with Gasteiger partial charge in [0.2, 0.25) is 0 Å². The smallest absolute Gasteiger partial charge is 0.394 e. The number of hydrogen-bond acceptors (Lipinski definition) is 9. The molecule has 142 valence electrons. The highest BCUT2D eigenvalue weighted by molar-refractivity contribution is 7.79. The van der Waals surface area contributed by atoms with Crippen LogP contribution in [-0.2, 0) is 24.7 Å². The van der Waals surface area contributed by atoms with E-state index in [-0.39, 0.29) is 18.6 Å². The molecule has 1 aliphatic rings. The van der Waals surface area contributed by atoms with Crippen molar-refractivity contribution in [1.82, 2.24) is 0 Å². The molecule has 0 aromatic rings. The van der Waals surface area contributed by atoms with E-state index in [1.165, 1.54) is 6.92 Å². The summed E-state index contributed by atoms with van der Waals surface area (Å²) in [5.74, 6) is -0.551. The Hall–Kier alpha value is -1.12. The van der Waals surface area contributed by atoms with Gasteiger partial charge >= 0.3 is 16.4 Å². The van der Waals surface area contributed by atoms with E-state index in [1.54, 1.807) is 0 Å². The van der Waals surface area contributed by atoms with Crippen LogP contribution in [-0.4, -0.2) is 87.7 Å². The summed E-state index contributed by atoms with van der Waals surface area (Å²) in [6, 6.07) is 0. The minimum Gasteiger partial charge on any atom is -0.462 e. The molecule has 1 saturated heterocycles. The predicted molar refractivity (Wildman–Crippen MR) is 78.3 cm³/mol. The molecular formula is C12H22O11S. The Bertz CT molecular complexity index is 507. The van der Waals surface area contributed by atoms with Gasteiger partial charge in [0.1, 0.15) is 24.4 Å². The Balaban J connectivity index is 0.000000922. The summed E-state index contributed by atoms with van der Waals surface area (Å²) in [4.78, 5) is 11.1. The molecule has 0 aromatic heterocycles. The fraction of sp³-hybridized carbons (Fsp3) is 0.750. The van der Waals surface area contributed by atoms with Crippen LogP contribution in [0.3, 0.4) is 0 Å². The van der Waals surface area contributed by atoms with Crippen molar-refractivity contribution < 1.29 is 52.2 Å². The van der Waals surface area contributed by atoms with E-state index in [0.29, 0.717) is 0 Å². The SMILES string of the molecule is C=C(C)C(=O)OCCC1O[C@H](CO)[C@@H](O)[C@H](O)[C@H]1O.O=S(=O)(O)O. The summed E-state index contributed by atoms with van der Waals surface area (Å²) >= 11 is 0. The lowest BCUT2D eigenvalue weighted by Gasteiger charge is -2.40. The van der Waals surface area contributed by atoms with Gasteiger partial charge in [0, 0.05) is 12.0 Å². The molecule has 1 fully saturated rings. The number of esters is 1. The molecule has 24 heavy (non-hydrogen) atoms. The third kappa shape index (κ3) is 8.65. The van der Waals surface area contributed by atoms with Crippen LogP contribution >= 0.6 is 0 Å².